The van der Waals surface area contributed by atoms with E-state index in [4.69, 9.17) is 0 Å². The van der Waals surface area contributed by atoms with Crippen LogP contribution in [0.4, 0.5) is 5.69 Å². The monoisotopic (exact) mass is 588 g/mol. The van der Waals surface area contributed by atoms with E-state index in [9.17, 15) is 13.2 Å². The molecular weight excluding hydrogens is 553 g/mol. The molecule has 1 saturated heterocycles. The average molecular weight is 589 g/mol. The number of anilines is 1. The fourth-order valence-electron chi connectivity index (χ4n) is 6.18. The number of sulfonamides is 1. The van der Waals surface area contributed by atoms with E-state index in [1.807, 2.05) is 30.5 Å². The predicted molar refractivity (Wildman–Crippen MR) is 166 cm³/mol. The SMILES string of the molecule is C=C1CN(S(=O)(=O)c2ccc(-n3cccn3)cc2)CC(C2CCCCC2)N1c1cc(-c2ccccc2)sc1C(C)=O.[HH]. The number of thiophene rings is 1. The summed E-state index contributed by atoms with van der Waals surface area (Å²) in [6, 6.07) is 20.7. The Morgan fingerprint density at radius 1 is 1.02 bits per heavy atom. The average Bonchev–Trinajstić information content (AvgIpc) is 3.69. The van der Waals surface area contributed by atoms with Crippen LogP contribution in [0, 0.1) is 5.92 Å². The van der Waals surface area contributed by atoms with E-state index in [2.05, 4.69) is 34.8 Å². The van der Waals surface area contributed by atoms with Crippen LogP contribution in [-0.4, -0.2) is 47.4 Å². The maximum Gasteiger partial charge on any atom is 0.243 e. The van der Waals surface area contributed by atoms with Gasteiger partial charge in [-0.05, 0) is 60.7 Å². The number of aromatic nitrogens is 2. The second kappa shape index (κ2) is 11.4. The smallest absolute Gasteiger partial charge is 0.243 e. The number of carbonyl (C=O) groups excluding carboxylic acids is 1. The summed E-state index contributed by atoms with van der Waals surface area (Å²) in [5.74, 6) is 0.315. The van der Waals surface area contributed by atoms with Gasteiger partial charge in [-0.2, -0.15) is 9.40 Å². The third kappa shape index (κ3) is 5.41. The van der Waals surface area contributed by atoms with E-state index in [-0.39, 0.29) is 24.7 Å². The van der Waals surface area contributed by atoms with Gasteiger partial charge in [-0.3, -0.25) is 4.79 Å². The second-order valence-electron chi connectivity index (χ2n) is 10.9. The molecule has 0 spiro atoms. The van der Waals surface area contributed by atoms with Crippen LogP contribution < -0.4 is 4.90 Å². The second-order valence-corrected chi connectivity index (χ2v) is 13.9. The van der Waals surface area contributed by atoms with Crippen molar-refractivity contribution in [1.29, 1.82) is 0 Å². The minimum atomic E-state index is -3.77. The van der Waals surface area contributed by atoms with Gasteiger partial charge in [0.15, 0.2) is 5.78 Å². The summed E-state index contributed by atoms with van der Waals surface area (Å²) in [5.41, 5.74) is 3.41. The number of Topliss-reactive ketones (excluding diaryl/α,β-unsaturated/α-hetero) is 1. The molecule has 1 saturated carbocycles. The highest BCUT2D eigenvalue weighted by Gasteiger charge is 2.41. The van der Waals surface area contributed by atoms with E-state index >= 15 is 0 Å². The zero-order valence-corrected chi connectivity index (χ0v) is 24.8. The summed E-state index contributed by atoms with van der Waals surface area (Å²) >= 11 is 1.50. The lowest BCUT2D eigenvalue weighted by Gasteiger charge is -2.47. The Morgan fingerprint density at radius 2 is 1.76 bits per heavy atom. The fourth-order valence-corrected chi connectivity index (χ4v) is 8.67. The molecule has 2 fully saturated rings. The predicted octanol–water partition coefficient (Wildman–Crippen LogP) is 7.02. The minimum Gasteiger partial charge on any atom is -0.338 e. The van der Waals surface area contributed by atoms with Gasteiger partial charge in [-0.15, -0.1) is 11.3 Å². The molecular formula is C32H36N4O3S2. The first-order valence-electron chi connectivity index (χ1n) is 14.1. The molecule has 0 N–H and O–H groups in total. The van der Waals surface area contributed by atoms with Crippen molar-refractivity contribution in [2.24, 2.45) is 5.92 Å². The van der Waals surface area contributed by atoms with Crippen LogP contribution in [0.3, 0.4) is 0 Å². The maximum atomic E-state index is 14.0. The van der Waals surface area contributed by atoms with Crippen molar-refractivity contribution in [3.63, 3.8) is 0 Å². The van der Waals surface area contributed by atoms with Gasteiger partial charge in [0.1, 0.15) is 0 Å². The van der Waals surface area contributed by atoms with Gasteiger partial charge < -0.3 is 4.90 Å². The summed E-state index contributed by atoms with van der Waals surface area (Å²) in [6.07, 6.45) is 9.03. The molecule has 4 aromatic rings. The van der Waals surface area contributed by atoms with Crippen LogP contribution in [0.5, 0.6) is 0 Å². The largest absolute Gasteiger partial charge is 0.338 e. The lowest BCUT2D eigenvalue weighted by Crippen LogP contribution is -2.56. The van der Waals surface area contributed by atoms with Gasteiger partial charge in [0.2, 0.25) is 10.0 Å². The number of nitrogens with zero attached hydrogens (tertiary/aromatic N) is 4. The Balaban J connectivity index is 0.00000353. The van der Waals surface area contributed by atoms with Gasteiger partial charge in [0.05, 0.1) is 33.7 Å². The summed E-state index contributed by atoms with van der Waals surface area (Å²) in [6.45, 7) is 6.53. The van der Waals surface area contributed by atoms with Crippen LogP contribution in [0.1, 0.15) is 50.1 Å². The molecule has 6 rings (SSSR count). The molecule has 9 heteroatoms. The molecule has 2 aliphatic rings. The Bertz CT molecular complexity index is 1650. The molecule has 0 amide bonds. The summed E-state index contributed by atoms with van der Waals surface area (Å²) in [7, 11) is -3.77. The lowest BCUT2D eigenvalue weighted by molar-refractivity contribution is 0.102. The first-order chi connectivity index (χ1) is 19.8. The third-order valence-corrected chi connectivity index (χ3v) is 11.3. The molecule has 0 bridgehead atoms. The first-order valence-corrected chi connectivity index (χ1v) is 16.4. The molecule has 41 heavy (non-hydrogen) atoms. The number of benzene rings is 2. The molecule has 1 unspecified atom stereocenters. The van der Waals surface area contributed by atoms with Crippen molar-refractivity contribution >= 4 is 32.8 Å². The summed E-state index contributed by atoms with van der Waals surface area (Å²) in [5, 5.41) is 4.23. The van der Waals surface area contributed by atoms with E-state index in [0.29, 0.717) is 23.0 Å². The fraction of sp³-hybridized carbons (Fsp3) is 0.312. The highest BCUT2D eigenvalue weighted by atomic mass is 32.2. The third-order valence-electron chi connectivity index (χ3n) is 8.21. The van der Waals surface area contributed by atoms with Crippen molar-refractivity contribution in [1.82, 2.24) is 14.1 Å². The van der Waals surface area contributed by atoms with Crippen molar-refractivity contribution < 1.29 is 14.6 Å². The van der Waals surface area contributed by atoms with Gasteiger partial charge >= 0.3 is 0 Å². The maximum absolute atomic E-state index is 14.0. The number of piperazine rings is 1. The molecule has 7 nitrogen and oxygen atoms in total. The number of hydrogen-bond donors (Lipinski definition) is 0. The first kappa shape index (κ1) is 27.6. The molecule has 2 aromatic carbocycles. The van der Waals surface area contributed by atoms with Gasteiger partial charge in [0.25, 0.3) is 0 Å². The van der Waals surface area contributed by atoms with E-state index < -0.39 is 10.0 Å². The Morgan fingerprint density at radius 3 is 2.41 bits per heavy atom. The highest BCUT2D eigenvalue weighted by Crippen LogP contribution is 2.43. The molecule has 1 atom stereocenters. The number of carbonyl (C=O) groups is 1. The summed E-state index contributed by atoms with van der Waals surface area (Å²) in [4.78, 5) is 17.1. The Hall–Kier alpha value is -3.53. The summed E-state index contributed by atoms with van der Waals surface area (Å²) < 4.78 is 31.2. The van der Waals surface area contributed by atoms with Gasteiger partial charge in [0, 0.05) is 37.9 Å². The lowest BCUT2D eigenvalue weighted by atomic mass is 9.82. The van der Waals surface area contributed by atoms with Crippen molar-refractivity contribution in [2.45, 2.75) is 50.0 Å². The normalized spacial score (nSPS) is 19.0. The number of hydrogen-bond acceptors (Lipinski definition) is 6. The van der Waals surface area contributed by atoms with Crippen molar-refractivity contribution in [2.75, 3.05) is 18.0 Å². The van der Waals surface area contributed by atoms with E-state index in [1.54, 1.807) is 46.4 Å². The highest BCUT2D eigenvalue weighted by molar-refractivity contribution is 7.89. The topological polar surface area (TPSA) is 75.5 Å². The molecule has 0 radical (unpaired) electrons. The number of rotatable bonds is 7. The molecule has 1 aliphatic heterocycles. The quantitative estimate of drug-likeness (QED) is 0.217. The molecule has 3 heterocycles. The molecule has 1 aliphatic carbocycles. The van der Waals surface area contributed by atoms with E-state index in [1.165, 1.54) is 17.8 Å². The zero-order valence-electron chi connectivity index (χ0n) is 23.1. The Kier molecular flexibility index (Phi) is 7.68. The molecule has 214 valence electrons. The van der Waals surface area contributed by atoms with Crippen LogP contribution in [0.25, 0.3) is 16.1 Å². The van der Waals surface area contributed by atoms with Crippen LogP contribution in [-0.2, 0) is 10.0 Å². The zero-order chi connectivity index (χ0) is 28.6. The minimum absolute atomic E-state index is 0. The van der Waals surface area contributed by atoms with Crippen LogP contribution in [0.15, 0.2) is 96.3 Å². The van der Waals surface area contributed by atoms with E-state index in [0.717, 1.165) is 47.5 Å². The van der Waals surface area contributed by atoms with Crippen molar-refractivity contribution in [3.8, 4) is 16.1 Å². The standard InChI is InChI=1S/C32H34N4O3S2.H2/c1-23-21-34(41(38,39)28-16-14-27(15-17-28)35-19-9-18-33-35)22-30(25-10-5-3-6-11-25)36(23)29-20-31(40-32(29)24(2)37)26-12-7-4-8-13-26;/h4,7-9,12-20,25,30H,1,3,5-6,10-11,21-22H2,2H3;1H. The van der Waals surface area contributed by atoms with Crippen molar-refractivity contribution in [3.05, 3.63) is 96.3 Å². The van der Waals surface area contributed by atoms with Gasteiger partial charge in [-0.1, -0.05) is 56.2 Å². The molecule has 2 aromatic heterocycles. The number of ketones is 1. The Labute approximate surface area is 247 Å². The van der Waals surface area contributed by atoms with Crippen LogP contribution >= 0.6 is 11.3 Å². The van der Waals surface area contributed by atoms with Crippen LogP contribution in [0.2, 0.25) is 0 Å². The van der Waals surface area contributed by atoms with Gasteiger partial charge in [-0.25, -0.2) is 13.1 Å².